The Kier molecular flexibility index (Phi) is 11.8. The van der Waals surface area contributed by atoms with E-state index >= 15 is 0 Å². The van der Waals surface area contributed by atoms with Crippen molar-refractivity contribution in [1.82, 2.24) is 10.2 Å². The van der Waals surface area contributed by atoms with E-state index in [1.165, 1.54) is 32.1 Å². The highest BCUT2D eigenvalue weighted by molar-refractivity contribution is 5.77. The maximum atomic E-state index is 5.82. The summed E-state index contributed by atoms with van der Waals surface area (Å²) in [5.74, 6) is 0.589. The van der Waals surface area contributed by atoms with Gasteiger partial charge < -0.3 is 16.0 Å². The Bertz CT molecular complexity index is 226. The summed E-state index contributed by atoms with van der Waals surface area (Å²) in [6.45, 7) is 9.33. The van der Waals surface area contributed by atoms with Crippen molar-refractivity contribution in [2.24, 2.45) is 10.7 Å². The lowest BCUT2D eigenvalue weighted by Gasteiger charge is -2.20. The molecule has 4 nitrogen and oxygen atoms in total. The molecule has 0 bridgehead atoms. The predicted molar refractivity (Wildman–Crippen MR) is 85.6 cm³/mol. The van der Waals surface area contributed by atoms with Gasteiger partial charge in [-0.15, -0.1) is 0 Å². The van der Waals surface area contributed by atoms with E-state index < -0.39 is 0 Å². The van der Waals surface area contributed by atoms with Crippen molar-refractivity contribution in [1.29, 1.82) is 0 Å². The fourth-order valence-corrected chi connectivity index (χ4v) is 1.77. The monoisotopic (exact) mass is 270 g/mol. The zero-order valence-corrected chi connectivity index (χ0v) is 13.4. The van der Waals surface area contributed by atoms with Crippen molar-refractivity contribution in [3.63, 3.8) is 0 Å². The molecule has 0 unspecified atom stereocenters. The molecule has 0 rings (SSSR count). The first-order valence-corrected chi connectivity index (χ1v) is 7.82. The topological polar surface area (TPSA) is 53.6 Å². The van der Waals surface area contributed by atoms with E-state index in [1.807, 2.05) is 0 Å². The van der Waals surface area contributed by atoms with Crippen molar-refractivity contribution in [2.75, 3.05) is 26.7 Å². The minimum atomic E-state index is 0.572. The molecular formula is C15H34N4. The van der Waals surface area contributed by atoms with Crippen molar-refractivity contribution in [2.45, 2.75) is 65.3 Å². The molecule has 3 N–H and O–H groups in total. The molecule has 0 aliphatic carbocycles. The molecule has 0 aliphatic rings. The van der Waals surface area contributed by atoms with Crippen LogP contribution in [-0.2, 0) is 0 Å². The van der Waals surface area contributed by atoms with E-state index in [1.54, 1.807) is 0 Å². The lowest BCUT2D eigenvalue weighted by atomic mass is 10.1. The van der Waals surface area contributed by atoms with Crippen LogP contribution in [0.5, 0.6) is 0 Å². The molecule has 0 atom stereocenters. The molecule has 0 amide bonds. The molecular weight excluding hydrogens is 236 g/mol. The maximum Gasteiger partial charge on any atom is 0.188 e. The third-order valence-electron chi connectivity index (χ3n) is 3.45. The van der Waals surface area contributed by atoms with Crippen LogP contribution in [0.25, 0.3) is 0 Å². The van der Waals surface area contributed by atoms with Crippen molar-refractivity contribution < 1.29 is 0 Å². The largest absolute Gasteiger partial charge is 0.370 e. The van der Waals surface area contributed by atoms with Crippen molar-refractivity contribution in [3.8, 4) is 0 Å². The highest BCUT2D eigenvalue weighted by Gasteiger charge is 2.01. The van der Waals surface area contributed by atoms with Crippen LogP contribution in [-0.4, -0.2) is 43.6 Å². The number of nitrogens with two attached hydrogens (primary N) is 1. The molecule has 4 heteroatoms. The van der Waals surface area contributed by atoms with Gasteiger partial charge in [0.05, 0.1) is 0 Å². The highest BCUT2D eigenvalue weighted by atomic mass is 15.2. The third-order valence-corrected chi connectivity index (χ3v) is 3.45. The number of hydrogen-bond donors (Lipinski definition) is 2. The summed E-state index contributed by atoms with van der Waals surface area (Å²) in [6.07, 6.45) is 7.77. The van der Waals surface area contributed by atoms with Gasteiger partial charge in [0.1, 0.15) is 0 Å². The first kappa shape index (κ1) is 18.2. The molecule has 0 aromatic rings. The zero-order chi connectivity index (χ0) is 14.5. The Labute approximate surface area is 119 Å². The number of aliphatic imine (C=N–C) groups is 1. The van der Waals surface area contributed by atoms with Crippen LogP contribution >= 0.6 is 0 Å². The number of nitrogens with one attached hydrogen (secondary N) is 1. The van der Waals surface area contributed by atoms with Gasteiger partial charge in [0.25, 0.3) is 0 Å². The van der Waals surface area contributed by atoms with Gasteiger partial charge in [-0.1, -0.05) is 39.0 Å². The standard InChI is InChI=1S/C15H34N4/c1-5-6-7-8-9-10-11-17-15(16)18-12-13-19(4)14(2)3/h14H,5-13H2,1-4H3,(H3,16,17,18). The second kappa shape index (κ2) is 12.3. The van der Waals surface area contributed by atoms with Gasteiger partial charge in [-0.05, 0) is 27.3 Å². The van der Waals surface area contributed by atoms with Crippen LogP contribution in [0.3, 0.4) is 0 Å². The number of unbranched alkanes of at least 4 members (excludes halogenated alkanes) is 5. The number of nitrogens with zero attached hydrogens (tertiary/aromatic N) is 2. The summed E-state index contributed by atoms with van der Waals surface area (Å²) >= 11 is 0. The maximum absolute atomic E-state index is 5.82. The van der Waals surface area contributed by atoms with Gasteiger partial charge in [-0.3, -0.25) is 4.99 Å². The fraction of sp³-hybridized carbons (Fsp3) is 0.933. The van der Waals surface area contributed by atoms with E-state index in [4.69, 9.17) is 5.73 Å². The van der Waals surface area contributed by atoms with Crippen LogP contribution in [0.2, 0.25) is 0 Å². The summed E-state index contributed by atoms with van der Waals surface area (Å²) in [6, 6.07) is 0.572. The highest BCUT2D eigenvalue weighted by Crippen LogP contribution is 2.04. The van der Waals surface area contributed by atoms with Crippen LogP contribution in [0.1, 0.15) is 59.3 Å². The lowest BCUT2D eigenvalue weighted by Crippen LogP contribution is -2.39. The Balaban J connectivity index is 3.45. The molecule has 0 aromatic carbocycles. The van der Waals surface area contributed by atoms with E-state index in [9.17, 15) is 0 Å². The molecule has 0 saturated heterocycles. The van der Waals surface area contributed by atoms with E-state index in [-0.39, 0.29) is 0 Å². The minimum absolute atomic E-state index is 0.572. The average molecular weight is 270 g/mol. The molecule has 0 aliphatic heterocycles. The second-order valence-corrected chi connectivity index (χ2v) is 5.54. The Morgan fingerprint density at radius 3 is 2.42 bits per heavy atom. The Morgan fingerprint density at radius 1 is 1.16 bits per heavy atom. The summed E-state index contributed by atoms with van der Waals surface area (Å²) in [4.78, 5) is 6.63. The van der Waals surface area contributed by atoms with Gasteiger partial charge in [0.15, 0.2) is 5.96 Å². The summed E-state index contributed by atoms with van der Waals surface area (Å²) in [7, 11) is 2.12. The number of hydrogen-bond acceptors (Lipinski definition) is 2. The summed E-state index contributed by atoms with van der Waals surface area (Å²) in [5.41, 5.74) is 5.82. The molecule has 0 heterocycles. The fourth-order valence-electron chi connectivity index (χ4n) is 1.77. The van der Waals surface area contributed by atoms with Crippen molar-refractivity contribution >= 4 is 5.96 Å². The molecule has 0 aromatic heterocycles. The second-order valence-electron chi connectivity index (χ2n) is 5.54. The SMILES string of the molecule is CCCCCCCCN=C(N)NCCN(C)C(C)C. The molecule has 114 valence electrons. The van der Waals surface area contributed by atoms with E-state index in [2.05, 4.69) is 43.0 Å². The minimum Gasteiger partial charge on any atom is -0.370 e. The average Bonchev–Trinajstić information content (AvgIpc) is 2.37. The molecule has 0 radical (unpaired) electrons. The quantitative estimate of drug-likeness (QED) is 0.345. The number of rotatable bonds is 11. The van der Waals surface area contributed by atoms with Crippen LogP contribution < -0.4 is 11.1 Å². The predicted octanol–water partition coefficient (Wildman–Crippen LogP) is 2.59. The molecule has 19 heavy (non-hydrogen) atoms. The molecule has 0 saturated carbocycles. The lowest BCUT2D eigenvalue weighted by molar-refractivity contribution is 0.278. The summed E-state index contributed by atoms with van der Waals surface area (Å²) < 4.78 is 0. The van der Waals surface area contributed by atoms with Gasteiger partial charge >= 0.3 is 0 Å². The van der Waals surface area contributed by atoms with E-state index in [0.29, 0.717) is 12.0 Å². The van der Waals surface area contributed by atoms with Gasteiger partial charge in [-0.25, -0.2) is 0 Å². The smallest absolute Gasteiger partial charge is 0.188 e. The first-order valence-electron chi connectivity index (χ1n) is 7.82. The van der Waals surface area contributed by atoms with Crippen LogP contribution in [0.15, 0.2) is 4.99 Å². The van der Waals surface area contributed by atoms with Crippen LogP contribution in [0.4, 0.5) is 0 Å². The van der Waals surface area contributed by atoms with Crippen LogP contribution in [0, 0.1) is 0 Å². The Morgan fingerprint density at radius 2 is 1.79 bits per heavy atom. The van der Waals surface area contributed by atoms with E-state index in [0.717, 1.165) is 26.1 Å². The zero-order valence-electron chi connectivity index (χ0n) is 13.4. The summed E-state index contributed by atoms with van der Waals surface area (Å²) in [5, 5.41) is 3.17. The normalized spacial score (nSPS) is 12.4. The third kappa shape index (κ3) is 12.0. The van der Waals surface area contributed by atoms with Gasteiger partial charge in [0.2, 0.25) is 0 Å². The van der Waals surface area contributed by atoms with Gasteiger partial charge in [-0.2, -0.15) is 0 Å². The number of guanidine groups is 1. The Hall–Kier alpha value is -0.770. The van der Waals surface area contributed by atoms with Gasteiger partial charge in [0, 0.05) is 25.7 Å². The van der Waals surface area contributed by atoms with Crippen molar-refractivity contribution in [3.05, 3.63) is 0 Å². The molecule has 0 spiro atoms. The molecule has 0 fully saturated rings. The number of likely N-dealkylation sites (N-methyl/N-ethyl adjacent to an activating group) is 1. The first-order chi connectivity index (χ1) is 9.07.